The largest absolute Gasteiger partial charge is 0.481 e. The molecular weight excluding hydrogens is 394 g/mol. The number of carboxylic acids is 1. The zero-order valence-electron chi connectivity index (χ0n) is 18.3. The van der Waals surface area contributed by atoms with Gasteiger partial charge in [0.25, 0.3) is 0 Å². The van der Waals surface area contributed by atoms with E-state index < -0.39 is 17.9 Å². The van der Waals surface area contributed by atoms with Gasteiger partial charge in [0.1, 0.15) is 0 Å². The lowest BCUT2D eigenvalue weighted by Crippen LogP contribution is -2.38. The monoisotopic (exact) mass is 425 g/mol. The summed E-state index contributed by atoms with van der Waals surface area (Å²) in [6.45, 7) is 5.13. The number of aliphatic carboxylic acids is 1. The number of nitrogens with one attached hydrogen (secondary N) is 1. The summed E-state index contributed by atoms with van der Waals surface area (Å²) in [7, 11) is 0. The van der Waals surface area contributed by atoms with Crippen LogP contribution >= 0.6 is 0 Å². The van der Waals surface area contributed by atoms with Crippen LogP contribution in [0.5, 0.6) is 0 Å². The third-order valence-electron chi connectivity index (χ3n) is 4.89. The molecule has 6 nitrogen and oxygen atoms in total. The van der Waals surface area contributed by atoms with Crippen LogP contribution < -0.4 is 5.32 Å². The Morgan fingerprint density at radius 3 is 2.10 bits per heavy atom. The molecule has 2 atom stereocenters. The SMILES string of the molecule is CC(C)OC(=O)CCC(=O)N[C@H](Cc1ccc(-c2ccccc2)cc1)C[C@@H](C)C(=O)O. The van der Waals surface area contributed by atoms with E-state index in [9.17, 15) is 19.5 Å². The standard InChI is InChI=1S/C25H31NO5/c1-17(2)31-24(28)14-13-23(27)26-22(15-18(3)25(29)30)16-19-9-11-21(12-10-19)20-7-5-4-6-8-20/h4-12,17-18,22H,13-16H2,1-3H3,(H,26,27)(H,29,30)/t18-,22+/m1/s1. The molecular formula is C25H31NO5. The van der Waals surface area contributed by atoms with Gasteiger partial charge in [0.2, 0.25) is 5.91 Å². The Hall–Kier alpha value is -3.15. The van der Waals surface area contributed by atoms with Crippen molar-refractivity contribution < 1.29 is 24.2 Å². The quantitative estimate of drug-likeness (QED) is 0.526. The second kappa shape index (κ2) is 11.9. The smallest absolute Gasteiger partial charge is 0.306 e. The van der Waals surface area contributed by atoms with Crippen molar-refractivity contribution in [2.75, 3.05) is 0 Å². The van der Waals surface area contributed by atoms with Gasteiger partial charge in [-0.05, 0) is 43.4 Å². The highest BCUT2D eigenvalue weighted by Gasteiger charge is 2.21. The van der Waals surface area contributed by atoms with Gasteiger partial charge >= 0.3 is 11.9 Å². The van der Waals surface area contributed by atoms with Crippen LogP contribution in [0.25, 0.3) is 11.1 Å². The van der Waals surface area contributed by atoms with E-state index in [0.29, 0.717) is 12.8 Å². The lowest BCUT2D eigenvalue weighted by atomic mass is 9.95. The molecule has 0 fully saturated rings. The normalized spacial score (nSPS) is 12.8. The summed E-state index contributed by atoms with van der Waals surface area (Å²) in [6, 6.07) is 17.7. The molecule has 2 aromatic rings. The zero-order chi connectivity index (χ0) is 22.8. The molecule has 0 aromatic heterocycles. The first-order chi connectivity index (χ1) is 14.7. The average molecular weight is 426 g/mol. The Balaban J connectivity index is 2.01. The van der Waals surface area contributed by atoms with E-state index in [0.717, 1.165) is 16.7 Å². The molecule has 31 heavy (non-hydrogen) atoms. The van der Waals surface area contributed by atoms with Crippen molar-refractivity contribution in [2.24, 2.45) is 5.92 Å². The van der Waals surface area contributed by atoms with Gasteiger partial charge in [-0.25, -0.2) is 0 Å². The van der Waals surface area contributed by atoms with E-state index in [1.54, 1.807) is 20.8 Å². The third-order valence-corrected chi connectivity index (χ3v) is 4.89. The minimum atomic E-state index is -0.904. The van der Waals surface area contributed by atoms with E-state index in [1.807, 2.05) is 54.6 Å². The van der Waals surface area contributed by atoms with Gasteiger partial charge < -0.3 is 15.2 Å². The molecule has 2 rings (SSSR count). The molecule has 0 heterocycles. The topological polar surface area (TPSA) is 92.7 Å². The van der Waals surface area contributed by atoms with Crippen molar-refractivity contribution in [3.63, 3.8) is 0 Å². The van der Waals surface area contributed by atoms with Crippen LogP contribution in [0.15, 0.2) is 54.6 Å². The molecule has 0 aliphatic rings. The first kappa shape index (κ1) is 24.1. The number of benzene rings is 2. The number of rotatable bonds is 11. The van der Waals surface area contributed by atoms with Crippen molar-refractivity contribution in [1.29, 1.82) is 0 Å². The Morgan fingerprint density at radius 2 is 1.52 bits per heavy atom. The maximum atomic E-state index is 12.4. The van der Waals surface area contributed by atoms with Crippen LogP contribution in [0.4, 0.5) is 0 Å². The highest BCUT2D eigenvalue weighted by atomic mass is 16.5. The number of carboxylic acid groups (broad SMARTS) is 1. The van der Waals surface area contributed by atoms with Crippen LogP contribution in [0.3, 0.4) is 0 Å². The van der Waals surface area contributed by atoms with Gasteiger partial charge in [0.15, 0.2) is 0 Å². The van der Waals surface area contributed by atoms with Crippen LogP contribution in [-0.2, 0) is 25.5 Å². The van der Waals surface area contributed by atoms with Crippen molar-refractivity contribution in [3.8, 4) is 11.1 Å². The lowest BCUT2D eigenvalue weighted by Gasteiger charge is -2.21. The van der Waals surface area contributed by atoms with Crippen LogP contribution in [0.2, 0.25) is 0 Å². The second-order valence-electron chi connectivity index (χ2n) is 8.05. The lowest BCUT2D eigenvalue weighted by molar-refractivity contribution is -0.148. The average Bonchev–Trinajstić information content (AvgIpc) is 2.73. The molecule has 2 N–H and O–H groups in total. The molecule has 0 saturated carbocycles. The van der Waals surface area contributed by atoms with Gasteiger partial charge in [0.05, 0.1) is 18.4 Å². The number of ether oxygens (including phenoxy) is 1. The second-order valence-corrected chi connectivity index (χ2v) is 8.05. The highest BCUT2D eigenvalue weighted by Crippen LogP contribution is 2.20. The Kier molecular flexibility index (Phi) is 9.25. The van der Waals surface area contributed by atoms with Crippen molar-refractivity contribution in [1.82, 2.24) is 5.32 Å². The molecule has 1 amide bonds. The molecule has 6 heteroatoms. The Morgan fingerprint density at radius 1 is 0.903 bits per heavy atom. The number of carbonyl (C=O) groups excluding carboxylic acids is 2. The zero-order valence-corrected chi connectivity index (χ0v) is 18.3. The van der Waals surface area contributed by atoms with Gasteiger partial charge in [-0.15, -0.1) is 0 Å². The molecule has 0 radical (unpaired) electrons. The maximum absolute atomic E-state index is 12.4. The summed E-state index contributed by atoms with van der Waals surface area (Å²) in [5.41, 5.74) is 3.21. The minimum absolute atomic E-state index is 0.00299. The molecule has 0 aliphatic carbocycles. The van der Waals surface area contributed by atoms with Gasteiger partial charge in [-0.2, -0.15) is 0 Å². The fourth-order valence-electron chi connectivity index (χ4n) is 3.31. The Labute approximate surface area is 183 Å². The molecule has 166 valence electrons. The van der Waals surface area contributed by atoms with Gasteiger partial charge in [-0.1, -0.05) is 61.5 Å². The molecule has 0 saturated heterocycles. The fraction of sp³-hybridized carbons (Fsp3) is 0.400. The van der Waals surface area contributed by atoms with E-state index in [2.05, 4.69) is 5.32 Å². The number of hydrogen-bond acceptors (Lipinski definition) is 4. The van der Waals surface area contributed by atoms with Crippen molar-refractivity contribution in [2.45, 2.75) is 58.6 Å². The summed E-state index contributed by atoms with van der Waals surface area (Å²) >= 11 is 0. The molecule has 0 unspecified atom stereocenters. The summed E-state index contributed by atoms with van der Waals surface area (Å²) in [4.78, 5) is 35.3. The molecule has 0 spiro atoms. The Bertz CT molecular complexity index is 861. The first-order valence-electron chi connectivity index (χ1n) is 10.6. The predicted octanol–water partition coefficient (Wildman–Crippen LogP) is 4.22. The molecule has 2 aromatic carbocycles. The van der Waals surface area contributed by atoms with Gasteiger partial charge in [-0.3, -0.25) is 14.4 Å². The van der Waals surface area contributed by atoms with E-state index in [-0.39, 0.29) is 30.9 Å². The van der Waals surface area contributed by atoms with Crippen molar-refractivity contribution in [3.05, 3.63) is 60.2 Å². The van der Waals surface area contributed by atoms with E-state index >= 15 is 0 Å². The van der Waals surface area contributed by atoms with Crippen LogP contribution in [0, 0.1) is 5.92 Å². The van der Waals surface area contributed by atoms with E-state index in [4.69, 9.17) is 4.74 Å². The number of carbonyl (C=O) groups is 3. The predicted molar refractivity (Wildman–Crippen MR) is 119 cm³/mol. The first-order valence-corrected chi connectivity index (χ1v) is 10.6. The third kappa shape index (κ3) is 8.62. The van der Waals surface area contributed by atoms with Gasteiger partial charge in [0, 0.05) is 12.5 Å². The van der Waals surface area contributed by atoms with Crippen LogP contribution in [-0.4, -0.2) is 35.1 Å². The summed E-state index contributed by atoms with van der Waals surface area (Å²) < 4.78 is 5.05. The number of hydrogen-bond donors (Lipinski definition) is 2. The summed E-state index contributed by atoms with van der Waals surface area (Å²) in [5.74, 6) is -2.21. The minimum Gasteiger partial charge on any atom is -0.481 e. The number of esters is 1. The summed E-state index contributed by atoms with van der Waals surface area (Å²) in [6.07, 6.45) is 0.596. The van der Waals surface area contributed by atoms with Crippen molar-refractivity contribution >= 4 is 17.8 Å². The van der Waals surface area contributed by atoms with Crippen LogP contribution in [0.1, 0.15) is 45.6 Å². The molecule has 0 aliphatic heterocycles. The number of amides is 1. The summed E-state index contributed by atoms with van der Waals surface area (Å²) in [5, 5.41) is 12.2. The van der Waals surface area contributed by atoms with E-state index in [1.165, 1.54) is 0 Å². The highest BCUT2D eigenvalue weighted by molar-refractivity contribution is 5.81. The maximum Gasteiger partial charge on any atom is 0.306 e. The molecule has 0 bridgehead atoms. The fourth-order valence-corrected chi connectivity index (χ4v) is 3.31.